The van der Waals surface area contributed by atoms with Gasteiger partial charge in [-0.05, 0) is 48.5 Å². The van der Waals surface area contributed by atoms with E-state index in [9.17, 15) is 24.4 Å². The molecule has 0 saturated carbocycles. The van der Waals surface area contributed by atoms with Crippen molar-refractivity contribution in [2.24, 2.45) is 0 Å². The summed E-state index contributed by atoms with van der Waals surface area (Å²) < 4.78 is 11.1. The lowest BCUT2D eigenvalue weighted by molar-refractivity contribution is -0.122. The minimum absolute atomic E-state index is 0.0357. The Morgan fingerprint density at radius 2 is 1.27 bits per heavy atom. The molecule has 0 radical (unpaired) electrons. The first-order valence-electron chi connectivity index (χ1n) is 11.8. The van der Waals surface area contributed by atoms with Crippen LogP contribution in [0.2, 0.25) is 0 Å². The number of benzene rings is 2. The van der Waals surface area contributed by atoms with Crippen molar-refractivity contribution in [1.82, 2.24) is 9.80 Å². The topological polar surface area (TPSA) is 129 Å². The number of imide groups is 2. The molecule has 2 aliphatic heterocycles. The first kappa shape index (κ1) is 24.1. The second-order valence-electron chi connectivity index (χ2n) is 8.65. The summed E-state index contributed by atoms with van der Waals surface area (Å²) in [6.45, 7) is 7.27. The first-order chi connectivity index (χ1) is 19.4. The summed E-state index contributed by atoms with van der Waals surface area (Å²) in [5, 5.41) is 9.30. The van der Waals surface area contributed by atoms with E-state index in [0.29, 0.717) is 0 Å². The third-order valence-electron chi connectivity index (χ3n) is 6.38. The van der Waals surface area contributed by atoms with Crippen molar-refractivity contribution in [1.29, 1.82) is 5.26 Å². The molecule has 0 bridgehead atoms. The molecule has 40 heavy (non-hydrogen) atoms. The van der Waals surface area contributed by atoms with E-state index in [0.717, 1.165) is 9.80 Å². The molecule has 2 aromatic heterocycles. The molecular weight excluding hydrogens is 512 g/mol. The Labute approximate surface area is 226 Å². The van der Waals surface area contributed by atoms with Crippen LogP contribution in [0.25, 0.3) is 16.2 Å². The van der Waals surface area contributed by atoms with Crippen LogP contribution in [0.3, 0.4) is 0 Å². The van der Waals surface area contributed by atoms with Crippen LogP contribution in [0.1, 0.15) is 37.8 Å². The van der Waals surface area contributed by atoms with Gasteiger partial charge in [-0.2, -0.15) is 5.26 Å². The molecule has 6 rings (SSSR count). The molecule has 10 heteroatoms. The molecule has 190 valence electrons. The lowest BCUT2D eigenvalue weighted by Gasteiger charge is -2.22. The highest BCUT2D eigenvalue weighted by Gasteiger charge is 2.54. The van der Waals surface area contributed by atoms with Gasteiger partial charge in [-0.3, -0.25) is 19.2 Å². The van der Waals surface area contributed by atoms with Crippen molar-refractivity contribution in [3.63, 3.8) is 0 Å². The van der Waals surface area contributed by atoms with Gasteiger partial charge < -0.3 is 8.83 Å². The molecule has 4 amide bonds. The summed E-state index contributed by atoms with van der Waals surface area (Å²) in [4.78, 5) is 60.5. The number of carbonyl (C=O) groups excluding carboxylic acids is 4. The second-order valence-corrected chi connectivity index (χ2v) is 8.65. The van der Waals surface area contributed by atoms with Gasteiger partial charge in [0.15, 0.2) is 17.2 Å². The number of nitrogens with zero attached hydrogens (tertiary/aromatic N) is 4. The molecule has 0 aliphatic carbocycles. The fourth-order valence-corrected chi connectivity index (χ4v) is 4.67. The van der Waals surface area contributed by atoms with E-state index in [1.165, 1.54) is 85.3 Å². The summed E-state index contributed by atoms with van der Waals surface area (Å²) in [5.74, 6) is -3.25. The van der Waals surface area contributed by atoms with Gasteiger partial charge in [0.05, 0.1) is 41.9 Å². The fraction of sp³-hybridized carbons (Fsp3) is 0. The average molecular weight is 526 g/mol. The Morgan fingerprint density at radius 3 is 1.75 bits per heavy atom. The first-order valence-corrected chi connectivity index (χ1v) is 11.8. The van der Waals surface area contributed by atoms with Gasteiger partial charge in [0.2, 0.25) is 0 Å². The van der Waals surface area contributed by atoms with Crippen LogP contribution in [0, 0.1) is 17.9 Å². The van der Waals surface area contributed by atoms with Crippen LogP contribution in [0.4, 0.5) is 5.69 Å². The van der Waals surface area contributed by atoms with Crippen LogP contribution >= 0.6 is 0 Å². The molecular formula is C30H14N4O6. The molecule has 0 fully saturated rings. The van der Waals surface area contributed by atoms with Crippen molar-refractivity contribution < 1.29 is 28.0 Å². The molecule has 2 aliphatic rings. The molecule has 0 N–H and O–H groups in total. The smallest absolute Gasteiger partial charge is 0.268 e. The third-order valence-corrected chi connectivity index (χ3v) is 6.38. The number of rotatable bonds is 4. The zero-order chi connectivity index (χ0) is 28.0. The minimum Gasteiger partial charge on any atom is -0.463 e. The van der Waals surface area contributed by atoms with Crippen LogP contribution < -0.4 is 0 Å². The highest BCUT2D eigenvalue weighted by molar-refractivity contribution is 6.37. The summed E-state index contributed by atoms with van der Waals surface area (Å²) >= 11 is 0. The van der Waals surface area contributed by atoms with Gasteiger partial charge in [-0.15, -0.1) is 0 Å². The van der Waals surface area contributed by atoms with E-state index in [-0.39, 0.29) is 56.4 Å². The molecule has 0 unspecified atom stereocenters. The van der Waals surface area contributed by atoms with E-state index in [2.05, 4.69) is 4.85 Å². The van der Waals surface area contributed by atoms with Crippen molar-refractivity contribution in [3.8, 4) is 6.07 Å². The lowest BCUT2D eigenvalue weighted by atomic mass is 10.1. The SMILES string of the molecule is [C-]#[N+]c1cccc(C(=O)N2C(=O)C3=C(c4ccco4)N(C(=O)c4cccc(C#N)c4)C(=O)C3=C2c2ccco2)c1. The summed E-state index contributed by atoms with van der Waals surface area (Å²) in [6.07, 6.45) is 2.64. The molecule has 10 nitrogen and oxygen atoms in total. The maximum atomic E-state index is 14.0. The van der Waals surface area contributed by atoms with Crippen LogP contribution in [-0.4, -0.2) is 33.4 Å². The third kappa shape index (κ3) is 3.56. The van der Waals surface area contributed by atoms with Crippen LogP contribution in [0.15, 0.2) is 105 Å². The number of carbonyl (C=O) groups is 4. The predicted molar refractivity (Wildman–Crippen MR) is 137 cm³/mol. The second kappa shape index (κ2) is 9.24. The quantitative estimate of drug-likeness (QED) is 0.276. The number of fused-ring (bicyclic) bond motifs is 1. The van der Waals surface area contributed by atoms with Crippen molar-refractivity contribution in [3.05, 3.63) is 136 Å². The van der Waals surface area contributed by atoms with Crippen molar-refractivity contribution in [2.45, 2.75) is 0 Å². The number of amides is 4. The Hall–Kier alpha value is -6.26. The Bertz CT molecular complexity index is 1760. The van der Waals surface area contributed by atoms with E-state index in [1.807, 2.05) is 6.07 Å². The maximum Gasteiger partial charge on any atom is 0.268 e. The molecule has 4 aromatic rings. The normalized spacial score (nSPS) is 14.4. The van der Waals surface area contributed by atoms with Crippen molar-refractivity contribution in [2.75, 3.05) is 0 Å². The largest absolute Gasteiger partial charge is 0.463 e. The van der Waals surface area contributed by atoms with Gasteiger partial charge in [0.25, 0.3) is 23.6 Å². The average Bonchev–Trinajstić information content (AvgIpc) is 3.79. The molecule has 0 saturated heterocycles. The highest BCUT2D eigenvalue weighted by Crippen LogP contribution is 2.47. The molecule has 4 heterocycles. The fourth-order valence-electron chi connectivity index (χ4n) is 4.67. The van der Waals surface area contributed by atoms with Crippen LogP contribution in [-0.2, 0) is 9.59 Å². The van der Waals surface area contributed by atoms with E-state index < -0.39 is 23.6 Å². The molecule has 0 spiro atoms. The monoisotopic (exact) mass is 526 g/mol. The van der Waals surface area contributed by atoms with E-state index in [1.54, 1.807) is 0 Å². The van der Waals surface area contributed by atoms with Crippen molar-refractivity contribution >= 4 is 40.7 Å². The number of furan rings is 2. The van der Waals surface area contributed by atoms with Gasteiger partial charge in [-0.1, -0.05) is 24.3 Å². The van der Waals surface area contributed by atoms with Gasteiger partial charge in [-0.25, -0.2) is 14.6 Å². The summed E-state index contributed by atoms with van der Waals surface area (Å²) in [7, 11) is 0. The minimum atomic E-state index is -0.876. The Kier molecular flexibility index (Phi) is 5.57. The predicted octanol–water partition coefficient (Wildman–Crippen LogP) is 4.78. The number of nitriles is 1. The zero-order valence-electron chi connectivity index (χ0n) is 20.3. The maximum absolute atomic E-state index is 14.0. The van der Waals surface area contributed by atoms with Crippen LogP contribution in [0.5, 0.6) is 0 Å². The zero-order valence-corrected chi connectivity index (χ0v) is 20.3. The number of hydrogen-bond donors (Lipinski definition) is 0. The molecule has 2 aromatic carbocycles. The summed E-state index contributed by atoms with van der Waals surface area (Å²) in [6, 6.07) is 19.6. The lowest BCUT2D eigenvalue weighted by Crippen LogP contribution is -2.36. The molecule has 0 atom stereocenters. The van der Waals surface area contributed by atoms with Gasteiger partial charge in [0, 0.05) is 11.1 Å². The highest BCUT2D eigenvalue weighted by atomic mass is 16.3. The van der Waals surface area contributed by atoms with E-state index >= 15 is 0 Å². The van der Waals surface area contributed by atoms with Gasteiger partial charge in [0.1, 0.15) is 11.4 Å². The van der Waals surface area contributed by atoms with Gasteiger partial charge >= 0.3 is 0 Å². The summed E-state index contributed by atoms with van der Waals surface area (Å²) in [5.41, 5.74) is -0.247. The standard InChI is InChI=1S/C30H14N4O6/c1-32-20-9-3-8-19(15-20)28(36)34-26(22-11-5-13-40-22)24-23(30(34)38)25(21-10-4-12-39-21)33(29(24)37)27(35)18-7-2-6-17(14-18)16-31/h2-15H. The Balaban J connectivity index is 1.58. The Morgan fingerprint density at radius 1 is 0.750 bits per heavy atom. The van der Waals surface area contributed by atoms with E-state index in [4.69, 9.17) is 15.4 Å². The number of hydrogen-bond acceptors (Lipinski definition) is 7.